The molecule has 0 fully saturated rings. The number of benzene rings is 2. The molecule has 2 N–H and O–H groups in total. The Kier molecular flexibility index (Phi) is 8.21. The van der Waals surface area contributed by atoms with Crippen LogP contribution in [0.2, 0.25) is 0 Å². The lowest BCUT2D eigenvalue weighted by molar-refractivity contribution is -0.153. The Morgan fingerprint density at radius 2 is 1.62 bits per heavy atom. The molecule has 0 saturated carbocycles. The number of para-hydroxylation sites is 2. The predicted octanol–water partition coefficient (Wildman–Crippen LogP) is 3.16. The smallest absolute Gasteiger partial charge is 0.308 e. The number of carbonyl (C=O) groups is 3. The lowest BCUT2D eigenvalue weighted by Crippen LogP contribution is -2.36. The van der Waals surface area contributed by atoms with Crippen LogP contribution in [0.1, 0.15) is 37.6 Å². The second-order valence-electron chi connectivity index (χ2n) is 6.50. The van der Waals surface area contributed by atoms with E-state index in [-0.39, 0.29) is 12.3 Å². The summed E-state index contributed by atoms with van der Waals surface area (Å²) in [5.41, 5.74) is 1.01. The number of anilines is 1. The number of nitrogens with one attached hydrogen (secondary N) is 2. The van der Waals surface area contributed by atoms with E-state index in [1.165, 1.54) is 6.92 Å². The molecule has 154 valence electrons. The number of ether oxygens (including phenoxy) is 2. The first-order valence-corrected chi connectivity index (χ1v) is 9.48. The van der Waals surface area contributed by atoms with Crippen molar-refractivity contribution in [3.63, 3.8) is 0 Å². The van der Waals surface area contributed by atoms with Crippen LogP contribution in [0.25, 0.3) is 0 Å². The maximum Gasteiger partial charge on any atom is 0.308 e. The summed E-state index contributed by atoms with van der Waals surface area (Å²) in [4.78, 5) is 36.6. The molecule has 2 aromatic rings. The van der Waals surface area contributed by atoms with Gasteiger partial charge in [0, 0.05) is 11.6 Å². The molecule has 29 heavy (non-hydrogen) atoms. The summed E-state index contributed by atoms with van der Waals surface area (Å²) in [5, 5.41) is 5.43. The first-order valence-electron chi connectivity index (χ1n) is 9.48. The minimum Gasteiger partial charge on any atom is -0.492 e. The highest BCUT2D eigenvalue weighted by molar-refractivity contribution is 5.96. The van der Waals surface area contributed by atoms with E-state index in [1.54, 1.807) is 55.5 Å². The molecule has 0 heterocycles. The number of hydrogen-bond acceptors (Lipinski definition) is 5. The molecule has 0 aliphatic heterocycles. The van der Waals surface area contributed by atoms with Crippen molar-refractivity contribution in [2.75, 3.05) is 11.9 Å². The third-order valence-electron chi connectivity index (χ3n) is 4.01. The molecule has 7 nitrogen and oxygen atoms in total. The van der Waals surface area contributed by atoms with Gasteiger partial charge in [0.1, 0.15) is 5.75 Å². The molecule has 0 aliphatic rings. The highest BCUT2D eigenvalue weighted by Gasteiger charge is 2.21. The van der Waals surface area contributed by atoms with E-state index in [1.807, 2.05) is 13.0 Å². The highest BCUT2D eigenvalue weighted by atomic mass is 16.5. The van der Waals surface area contributed by atoms with Gasteiger partial charge in [-0.3, -0.25) is 14.4 Å². The molecule has 0 bridgehead atoms. The summed E-state index contributed by atoms with van der Waals surface area (Å²) >= 11 is 0. The van der Waals surface area contributed by atoms with Crippen molar-refractivity contribution in [1.82, 2.24) is 5.32 Å². The van der Waals surface area contributed by atoms with E-state index in [0.717, 1.165) is 0 Å². The predicted molar refractivity (Wildman–Crippen MR) is 110 cm³/mol. The number of esters is 1. The van der Waals surface area contributed by atoms with E-state index >= 15 is 0 Å². The number of hydrogen-bond donors (Lipinski definition) is 2. The maximum absolute atomic E-state index is 12.3. The summed E-state index contributed by atoms with van der Waals surface area (Å²) in [6.07, 6.45) is -1.04. The molecule has 2 atom stereocenters. The number of rotatable bonds is 9. The first kappa shape index (κ1) is 21.9. The molecule has 0 spiro atoms. The Balaban J connectivity index is 1.83. The lowest BCUT2D eigenvalue weighted by Gasteiger charge is -2.17. The Labute approximate surface area is 170 Å². The van der Waals surface area contributed by atoms with E-state index in [0.29, 0.717) is 23.6 Å². The van der Waals surface area contributed by atoms with Gasteiger partial charge in [0.25, 0.3) is 11.8 Å². The van der Waals surface area contributed by atoms with Crippen molar-refractivity contribution in [1.29, 1.82) is 0 Å². The van der Waals surface area contributed by atoms with Gasteiger partial charge in [-0.25, -0.2) is 0 Å². The molecule has 0 saturated heterocycles. The fourth-order valence-electron chi connectivity index (χ4n) is 2.58. The van der Waals surface area contributed by atoms with Crippen LogP contribution < -0.4 is 15.4 Å². The Morgan fingerprint density at radius 3 is 2.31 bits per heavy atom. The van der Waals surface area contributed by atoms with Crippen LogP contribution in [0.15, 0.2) is 54.6 Å². The molecular formula is C22H26N2O5. The van der Waals surface area contributed by atoms with Crippen LogP contribution in [0, 0.1) is 0 Å². The van der Waals surface area contributed by atoms with Gasteiger partial charge >= 0.3 is 5.97 Å². The van der Waals surface area contributed by atoms with Crippen molar-refractivity contribution in [2.24, 2.45) is 0 Å². The molecule has 2 aromatic carbocycles. The second-order valence-corrected chi connectivity index (χ2v) is 6.50. The van der Waals surface area contributed by atoms with Crippen molar-refractivity contribution < 1.29 is 23.9 Å². The first-order chi connectivity index (χ1) is 13.9. The van der Waals surface area contributed by atoms with Gasteiger partial charge in [-0.15, -0.1) is 0 Å². The Hall–Kier alpha value is -3.35. The molecule has 0 aromatic heterocycles. The average Bonchev–Trinajstić information content (AvgIpc) is 2.70. The van der Waals surface area contributed by atoms with Crippen LogP contribution >= 0.6 is 0 Å². The van der Waals surface area contributed by atoms with Crippen molar-refractivity contribution in [2.45, 2.75) is 39.3 Å². The highest BCUT2D eigenvalue weighted by Crippen LogP contribution is 2.23. The fraction of sp³-hybridized carbons (Fsp3) is 0.318. The summed E-state index contributed by atoms with van der Waals surface area (Å²) in [7, 11) is 0. The van der Waals surface area contributed by atoms with E-state index in [9.17, 15) is 14.4 Å². The largest absolute Gasteiger partial charge is 0.492 e. The van der Waals surface area contributed by atoms with Gasteiger partial charge in [0.15, 0.2) is 6.10 Å². The normalized spacial score (nSPS) is 12.4. The SMILES string of the molecule is CCOc1ccccc1NC(=O)C(C)OC(=O)CC(C)NC(=O)c1ccccc1. The summed E-state index contributed by atoms with van der Waals surface area (Å²) in [6, 6.07) is 15.3. The zero-order valence-corrected chi connectivity index (χ0v) is 16.8. The summed E-state index contributed by atoms with van der Waals surface area (Å²) < 4.78 is 10.7. The molecule has 2 rings (SSSR count). The minimum atomic E-state index is -0.991. The van der Waals surface area contributed by atoms with Gasteiger partial charge < -0.3 is 20.1 Å². The standard InChI is InChI=1S/C22H26N2O5/c1-4-28-19-13-9-8-12-18(19)24-21(26)16(3)29-20(25)14-15(2)23-22(27)17-10-6-5-7-11-17/h5-13,15-16H,4,14H2,1-3H3,(H,23,27)(H,24,26). The Morgan fingerprint density at radius 1 is 0.966 bits per heavy atom. The minimum absolute atomic E-state index is 0.0499. The van der Waals surface area contributed by atoms with Gasteiger partial charge in [0.2, 0.25) is 0 Å². The van der Waals surface area contributed by atoms with Crippen LogP contribution in [0.5, 0.6) is 5.75 Å². The molecule has 7 heteroatoms. The molecule has 0 radical (unpaired) electrons. The third kappa shape index (κ3) is 6.95. The van der Waals surface area contributed by atoms with E-state index in [4.69, 9.17) is 9.47 Å². The quantitative estimate of drug-likeness (QED) is 0.633. The van der Waals surface area contributed by atoms with E-state index < -0.39 is 24.0 Å². The fourth-order valence-corrected chi connectivity index (χ4v) is 2.58. The number of carbonyl (C=O) groups excluding carboxylic acids is 3. The van der Waals surface area contributed by atoms with E-state index in [2.05, 4.69) is 10.6 Å². The van der Waals surface area contributed by atoms with Crippen molar-refractivity contribution >= 4 is 23.5 Å². The lowest BCUT2D eigenvalue weighted by atomic mass is 10.2. The molecule has 0 aliphatic carbocycles. The van der Waals surface area contributed by atoms with Crippen molar-refractivity contribution in [3.8, 4) is 5.75 Å². The monoisotopic (exact) mass is 398 g/mol. The van der Waals surface area contributed by atoms with Crippen LogP contribution in [0.3, 0.4) is 0 Å². The van der Waals surface area contributed by atoms with Gasteiger partial charge in [0.05, 0.1) is 18.7 Å². The van der Waals surface area contributed by atoms with Gasteiger partial charge in [-0.05, 0) is 45.0 Å². The zero-order chi connectivity index (χ0) is 21.2. The van der Waals surface area contributed by atoms with Crippen LogP contribution in [-0.2, 0) is 14.3 Å². The van der Waals surface area contributed by atoms with Crippen LogP contribution in [0.4, 0.5) is 5.69 Å². The summed E-state index contributed by atoms with van der Waals surface area (Å²) in [6.45, 7) is 5.50. The van der Waals surface area contributed by atoms with Gasteiger partial charge in [-0.2, -0.15) is 0 Å². The Bertz CT molecular complexity index is 838. The molecule has 2 unspecified atom stereocenters. The van der Waals surface area contributed by atoms with Gasteiger partial charge in [-0.1, -0.05) is 30.3 Å². The second kappa shape index (κ2) is 10.8. The average molecular weight is 398 g/mol. The number of amides is 2. The topological polar surface area (TPSA) is 93.7 Å². The zero-order valence-electron chi connectivity index (χ0n) is 16.8. The molecule has 2 amide bonds. The molecular weight excluding hydrogens is 372 g/mol. The summed E-state index contributed by atoms with van der Waals surface area (Å²) in [5.74, 6) is -0.776. The maximum atomic E-state index is 12.3. The van der Waals surface area contributed by atoms with Crippen LogP contribution in [-0.4, -0.2) is 36.5 Å². The third-order valence-corrected chi connectivity index (χ3v) is 4.01. The van der Waals surface area contributed by atoms with Crippen molar-refractivity contribution in [3.05, 3.63) is 60.2 Å².